The lowest BCUT2D eigenvalue weighted by atomic mass is 10.2. The molecule has 1 aromatic carbocycles. The number of nitrogens with zero attached hydrogens (tertiary/aromatic N) is 1. The van der Waals surface area contributed by atoms with Crippen molar-refractivity contribution >= 4 is 29.5 Å². The van der Waals surface area contributed by atoms with Crippen LogP contribution in [-0.4, -0.2) is 48.6 Å². The number of fused-ring (bicyclic) bond motifs is 1. The first-order chi connectivity index (χ1) is 12.7. The Labute approximate surface area is 157 Å². The van der Waals surface area contributed by atoms with Gasteiger partial charge in [-0.25, -0.2) is 9.59 Å². The highest BCUT2D eigenvalue weighted by molar-refractivity contribution is 5.98. The molecular weight excluding hydrogens is 354 g/mol. The zero-order valence-electron chi connectivity index (χ0n) is 15.6. The van der Waals surface area contributed by atoms with Crippen LogP contribution in [0.5, 0.6) is 5.75 Å². The van der Waals surface area contributed by atoms with Gasteiger partial charge in [-0.3, -0.25) is 14.9 Å². The van der Waals surface area contributed by atoms with E-state index in [1.54, 1.807) is 38.1 Å². The molecule has 0 spiro atoms. The maximum Gasteiger partial charge on any atom is 0.350 e. The third-order valence-corrected chi connectivity index (χ3v) is 3.74. The number of rotatable bonds is 4. The first-order valence-corrected chi connectivity index (χ1v) is 8.54. The van der Waals surface area contributed by atoms with E-state index in [9.17, 15) is 19.2 Å². The van der Waals surface area contributed by atoms with Crippen molar-refractivity contribution in [2.75, 3.05) is 11.4 Å². The van der Waals surface area contributed by atoms with Crippen LogP contribution in [0.15, 0.2) is 24.3 Å². The average Bonchev–Trinajstić information content (AvgIpc) is 2.59. The Kier molecular flexibility index (Phi) is 6.38. The van der Waals surface area contributed by atoms with Gasteiger partial charge in [0, 0.05) is 13.0 Å². The summed E-state index contributed by atoms with van der Waals surface area (Å²) in [4.78, 5) is 49.2. The second-order valence-electron chi connectivity index (χ2n) is 6.40. The monoisotopic (exact) mass is 377 g/mol. The van der Waals surface area contributed by atoms with Gasteiger partial charge in [0.2, 0.25) is 12.0 Å². The third kappa shape index (κ3) is 5.19. The van der Waals surface area contributed by atoms with Crippen LogP contribution in [-0.2, 0) is 19.1 Å². The molecule has 9 heteroatoms. The lowest BCUT2D eigenvalue weighted by Crippen LogP contribution is -2.50. The molecule has 9 nitrogen and oxygen atoms in total. The van der Waals surface area contributed by atoms with Crippen molar-refractivity contribution < 1.29 is 28.7 Å². The highest BCUT2D eigenvalue weighted by Crippen LogP contribution is 2.33. The molecular formula is C18H23N3O6. The van der Waals surface area contributed by atoms with Crippen LogP contribution in [0, 0.1) is 0 Å². The first kappa shape index (κ1) is 20.2. The molecule has 0 bridgehead atoms. The van der Waals surface area contributed by atoms with E-state index in [0.717, 1.165) is 0 Å². The number of hydrogen-bond donors (Lipinski definition) is 2. The van der Waals surface area contributed by atoms with E-state index < -0.39 is 30.1 Å². The van der Waals surface area contributed by atoms with Gasteiger partial charge in [0.15, 0.2) is 6.10 Å². The molecule has 4 amide bonds. The standard InChI is InChI=1S/C18H23N3O6/c1-10(2)19-18(25)20-16(23)11(3)26-17(24)15-9-21(12(4)22)13-7-5-6-8-14(13)27-15/h5-8,10-11,15H,9H2,1-4H3,(H2,19,20,23,25)/t11-,15-/m1/s1. The van der Waals surface area contributed by atoms with E-state index in [-0.39, 0.29) is 18.5 Å². The maximum atomic E-state index is 12.4. The van der Waals surface area contributed by atoms with Gasteiger partial charge >= 0.3 is 12.0 Å². The van der Waals surface area contributed by atoms with Crippen molar-refractivity contribution in [3.8, 4) is 5.75 Å². The van der Waals surface area contributed by atoms with E-state index in [1.165, 1.54) is 18.7 Å². The summed E-state index contributed by atoms with van der Waals surface area (Å²) in [7, 11) is 0. The fraction of sp³-hybridized carbons (Fsp3) is 0.444. The Bertz CT molecular complexity index is 748. The van der Waals surface area contributed by atoms with Crippen LogP contribution >= 0.6 is 0 Å². The molecule has 27 heavy (non-hydrogen) atoms. The van der Waals surface area contributed by atoms with Crippen molar-refractivity contribution in [3.05, 3.63) is 24.3 Å². The number of ether oxygens (including phenoxy) is 2. The molecule has 0 saturated carbocycles. The highest BCUT2D eigenvalue weighted by atomic mass is 16.6. The number of esters is 1. The lowest BCUT2D eigenvalue weighted by molar-refractivity contribution is -0.161. The predicted octanol–water partition coefficient (Wildman–Crippen LogP) is 0.966. The minimum Gasteiger partial charge on any atom is -0.475 e. The SMILES string of the molecule is CC(=O)N1C[C@H](C(=O)O[C@H](C)C(=O)NC(=O)NC(C)C)Oc2ccccc21. The largest absolute Gasteiger partial charge is 0.475 e. The van der Waals surface area contributed by atoms with Gasteiger partial charge in [0.1, 0.15) is 5.75 Å². The summed E-state index contributed by atoms with van der Waals surface area (Å²) >= 11 is 0. The zero-order chi connectivity index (χ0) is 20.1. The van der Waals surface area contributed by atoms with Gasteiger partial charge in [-0.05, 0) is 32.9 Å². The normalized spacial score (nSPS) is 16.6. The van der Waals surface area contributed by atoms with Crippen molar-refractivity contribution in [1.29, 1.82) is 0 Å². The Morgan fingerprint density at radius 1 is 1.19 bits per heavy atom. The van der Waals surface area contributed by atoms with Gasteiger partial charge in [-0.2, -0.15) is 0 Å². The van der Waals surface area contributed by atoms with Gasteiger partial charge < -0.3 is 19.7 Å². The number of hydrogen-bond acceptors (Lipinski definition) is 6. The quantitative estimate of drug-likeness (QED) is 0.756. The molecule has 0 unspecified atom stereocenters. The molecule has 1 aliphatic heterocycles. The molecule has 0 aromatic heterocycles. The molecule has 0 radical (unpaired) electrons. The lowest BCUT2D eigenvalue weighted by Gasteiger charge is -2.33. The summed E-state index contributed by atoms with van der Waals surface area (Å²) in [6.45, 7) is 6.18. The Morgan fingerprint density at radius 2 is 1.85 bits per heavy atom. The number of imide groups is 1. The molecule has 1 aliphatic rings. The van der Waals surface area contributed by atoms with E-state index in [1.807, 2.05) is 0 Å². The van der Waals surface area contributed by atoms with Crippen LogP contribution in [0.3, 0.4) is 0 Å². The molecule has 1 heterocycles. The maximum absolute atomic E-state index is 12.4. The summed E-state index contributed by atoms with van der Waals surface area (Å²) < 4.78 is 10.7. The number of anilines is 1. The summed E-state index contributed by atoms with van der Waals surface area (Å²) in [6.07, 6.45) is -2.29. The molecule has 146 valence electrons. The molecule has 0 aliphatic carbocycles. The second kappa shape index (κ2) is 8.52. The van der Waals surface area contributed by atoms with Gasteiger partial charge in [-0.1, -0.05) is 12.1 Å². The van der Waals surface area contributed by atoms with Crippen LogP contribution in [0.25, 0.3) is 0 Å². The predicted molar refractivity (Wildman–Crippen MR) is 96.2 cm³/mol. The molecule has 1 aromatic rings. The topological polar surface area (TPSA) is 114 Å². The van der Waals surface area contributed by atoms with Gasteiger partial charge in [0.25, 0.3) is 5.91 Å². The summed E-state index contributed by atoms with van der Waals surface area (Å²) in [5.41, 5.74) is 0.560. The second-order valence-corrected chi connectivity index (χ2v) is 6.40. The summed E-state index contributed by atoms with van der Waals surface area (Å²) in [5.74, 6) is -1.45. The average molecular weight is 377 g/mol. The van der Waals surface area contributed by atoms with Crippen LogP contribution < -0.4 is 20.3 Å². The Balaban J connectivity index is 2.00. The van der Waals surface area contributed by atoms with Crippen molar-refractivity contribution in [3.63, 3.8) is 0 Å². The number of benzene rings is 1. The van der Waals surface area contributed by atoms with Crippen molar-refractivity contribution in [2.24, 2.45) is 0 Å². The molecule has 2 N–H and O–H groups in total. The number of carbonyl (C=O) groups is 4. The molecule has 2 rings (SSSR count). The van der Waals surface area contributed by atoms with Crippen molar-refractivity contribution in [1.82, 2.24) is 10.6 Å². The van der Waals surface area contributed by atoms with E-state index >= 15 is 0 Å². The zero-order valence-corrected chi connectivity index (χ0v) is 15.6. The van der Waals surface area contributed by atoms with Gasteiger partial charge in [-0.15, -0.1) is 0 Å². The van der Waals surface area contributed by atoms with Crippen LogP contribution in [0.2, 0.25) is 0 Å². The molecule has 0 saturated heterocycles. The summed E-state index contributed by atoms with van der Waals surface area (Å²) in [6, 6.07) is 5.99. The van der Waals surface area contributed by atoms with E-state index in [4.69, 9.17) is 9.47 Å². The summed E-state index contributed by atoms with van der Waals surface area (Å²) in [5, 5.41) is 4.58. The number of urea groups is 1. The van der Waals surface area contributed by atoms with E-state index in [2.05, 4.69) is 10.6 Å². The smallest absolute Gasteiger partial charge is 0.350 e. The van der Waals surface area contributed by atoms with E-state index in [0.29, 0.717) is 11.4 Å². The molecule has 2 atom stereocenters. The number of para-hydroxylation sites is 2. The number of nitrogens with one attached hydrogen (secondary N) is 2. The highest BCUT2D eigenvalue weighted by Gasteiger charge is 2.35. The Hall–Kier alpha value is -3.10. The van der Waals surface area contributed by atoms with Crippen LogP contribution in [0.1, 0.15) is 27.7 Å². The Morgan fingerprint density at radius 3 is 2.48 bits per heavy atom. The third-order valence-electron chi connectivity index (χ3n) is 3.74. The van der Waals surface area contributed by atoms with Crippen LogP contribution in [0.4, 0.5) is 10.5 Å². The first-order valence-electron chi connectivity index (χ1n) is 8.54. The number of amides is 4. The number of carbonyl (C=O) groups excluding carboxylic acids is 4. The minimum absolute atomic E-state index is 0.0344. The van der Waals surface area contributed by atoms with Crippen molar-refractivity contribution in [2.45, 2.75) is 45.9 Å². The fourth-order valence-electron chi connectivity index (χ4n) is 2.47. The molecule has 0 fully saturated rings. The minimum atomic E-state index is -1.21. The fourth-order valence-corrected chi connectivity index (χ4v) is 2.47. The van der Waals surface area contributed by atoms with Gasteiger partial charge in [0.05, 0.1) is 12.2 Å².